The van der Waals surface area contributed by atoms with Crippen LogP contribution in [0.3, 0.4) is 0 Å². The average Bonchev–Trinajstić information content (AvgIpc) is 2.96. The molecular weight excluding hydrogens is 256 g/mol. The Kier molecular flexibility index (Phi) is 5.12. The van der Waals surface area contributed by atoms with Crippen LogP contribution in [0.1, 0.15) is 25.3 Å². The van der Waals surface area contributed by atoms with Crippen LogP contribution in [0.2, 0.25) is 0 Å². The summed E-state index contributed by atoms with van der Waals surface area (Å²) in [5, 5.41) is 5.90. The molecule has 108 valence electrons. The summed E-state index contributed by atoms with van der Waals surface area (Å²) in [6.07, 6.45) is 1.30. The van der Waals surface area contributed by atoms with E-state index in [-0.39, 0.29) is 24.0 Å². The second kappa shape index (κ2) is 7.05. The van der Waals surface area contributed by atoms with Crippen LogP contribution in [0.4, 0.5) is 0 Å². The average molecular weight is 276 g/mol. The van der Waals surface area contributed by atoms with Crippen molar-refractivity contribution in [3.05, 3.63) is 35.9 Å². The Hall–Kier alpha value is -1.88. The number of carbonyl (C=O) groups is 2. The van der Waals surface area contributed by atoms with E-state index in [1.807, 2.05) is 30.3 Å². The normalized spacial score (nSPS) is 21.4. The molecule has 1 saturated heterocycles. The van der Waals surface area contributed by atoms with Crippen LogP contribution in [0, 0.1) is 0 Å². The molecule has 0 radical (unpaired) electrons. The Morgan fingerprint density at radius 1 is 1.25 bits per heavy atom. The molecule has 1 heterocycles. The first-order valence-corrected chi connectivity index (χ1v) is 6.95. The third-order valence-corrected chi connectivity index (χ3v) is 3.34. The highest BCUT2D eigenvalue weighted by Gasteiger charge is 2.33. The molecular formula is C15H20N2O3. The Morgan fingerprint density at radius 2 is 1.95 bits per heavy atom. The maximum atomic E-state index is 12.0. The molecule has 2 N–H and O–H groups in total. The van der Waals surface area contributed by atoms with E-state index >= 15 is 0 Å². The Balaban J connectivity index is 1.78. The molecule has 0 bridgehead atoms. The molecule has 0 aliphatic carbocycles. The fourth-order valence-electron chi connectivity index (χ4n) is 2.29. The lowest BCUT2D eigenvalue weighted by Crippen LogP contribution is -2.45. The minimum Gasteiger partial charge on any atom is -0.465 e. The van der Waals surface area contributed by atoms with Gasteiger partial charge in [0.25, 0.3) is 0 Å². The standard InChI is InChI=1S/C15H20N2O3/c1-2-20-15(19)13-9-8-12(17-13)14(18)16-10-11-6-4-3-5-7-11/h3-7,12-13,17H,2,8-10H2,1H3,(H,16,18). The van der Waals surface area contributed by atoms with Gasteiger partial charge in [0.05, 0.1) is 12.6 Å². The van der Waals surface area contributed by atoms with Gasteiger partial charge in [-0.2, -0.15) is 0 Å². The Bertz CT molecular complexity index is 461. The van der Waals surface area contributed by atoms with Crippen molar-refractivity contribution >= 4 is 11.9 Å². The van der Waals surface area contributed by atoms with Gasteiger partial charge in [-0.15, -0.1) is 0 Å². The first kappa shape index (κ1) is 14.5. The number of benzene rings is 1. The summed E-state index contributed by atoms with van der Waals surface area (Å²) in [7, 11) is 0. The van der Waals surface area contributed by atoms with Crippen molar-refractivity contribution in [3.8, 4) is 0 Å². The van der Waals surface area contributed by atoms with E-state index in [9.17, 15) is 9.59 Å². The van der Waals surface area contributed by atoms with Gasteiger partial charge in [-0.1, -0.05) is 30.3 Å². The third-order valence-electron chi connectivity index (χ3n) is 3.34. The fourth-order valence-corrected chi connectivity index (χ4v) is 2.29. The minimum absolute atomic E-state index is 0.0688. The molecule has 0 saturated carbocycles. The predicted octanol–water partition coefficient (Wildman–Crippen LogP) is 0.986. The first-order chi connectivity index (χ1) is 9.70. The summed E-state index contributed by atoms with van der Waals surface area (Å²) >= 11 is 0. The van der Waals surface area contributed by atoms with Crippen LogP contribution in [-0.4, -0.2) is 30.6 Å². The van der Waals surface area contributed by atoms with Crippen molar-refractivity contribution in [2.75, 3.05) is 6.61 Å². The largest absolute Gasteiger partial charge is 0.465 e. The van der Waals surface area contributed by atoms with E-state index in [0.717, 1.165) is 5.56 Å². The molecule has 1 aliphatic heterocycles. The lowest BCUT2D eigenvalue weighted by molar-refractivity contribution is -0.145. The number of carbonyl (C=O) groups excluding carboxylic acids is 2. The van der Waals surface area contributed by atoms with Crippen molar-refractivity contribution in [1.82, 2.24) is 10.6 Å². The second-order valence-corrected chi connectivity index (χ2v) is 4.80. The minimum atomic E-state index is -0.359. The highest BCUT2D eigenvalue weighted by molar-refractivity contribution is 5.84. The molecule has 1 aromatic carbocycles. The van der Waals surface area contributed by atoms with E-state index < -0.39 is 0 Å². The van der Waals surface area contributed by atoms with Gasteiger partial charge < -0.3 is 10.1 Å². The number of nitrogens with one attached hydrogen (secondary N) is 2. The van der Waals surface area contributed by atoms with Crippen molar-refractivity contribution < 1.29 is 14.3 Å². The molecule has 0 aromatic heterocycles. The number of hydrogen-bond acceptors (Lipinski definition) is 4. The predicted molar refractivity (Wildman–Crippen MR) is 74.9 cm³/mol. The van der Waals surface area contributed by atoms with Crippen molar-refractivity contribution in [1.29, 1.82) is 0 Å². The smallest absolute Gasteiger partial charge is 0.323 e. The summed E-state index contributed by atoms with van der Waals surface area (Å²) in [6, 6.07) is 9.06. The zero-order valence-electron chi connectivity index (χ0n) is 11.6. The van der Waals surface area contributed by atoms with Gasteiger partial charge in [0.1, 0.15) is 6.04 Å². The van der Waals surface area contributed by atoms with Crippen molar-refractivity contribution in [3.63, 3.8) is 0 Å². The van der Waals surface area contributed by atoms with Crippen LogP contribution < -0.4 is 10.6 Å². The Morgan fingerprint density at radius 3 is 2.65 bits per heavy atom. The quantitative estimate of drug-likeness (QED) is 0.787. The Labute approximate surface area is 118 Å². The fraction of sp³-hybridized carbons (Fsp3) is 0.467. The molecule has 1 aliphatic rings. The zero-order chi connectivity index (χ0) is 14.4. The van der Waals surface area contributed by atoms with Gasteiger partial charge >= 0.3 is 5.97 Å². The zero-order valence-corrected chi connectivity index (χ0v) is 11.6. The molecule has 2 atom stereocenters. The topological polar surface area (TPSA) is 67.4 Å². The van der Waals surface area contributed by atoms with E-state index in [2.05, 4.69) is 10.6 Å². The van der Waals surface area contributed by atoms with E-state index in [1.165, 1.54) is 0 Å². The van der Waals surface area contributed by atoms with Crippen LogP contribution in [0.25, 0.3) is 0 Å². The van der Waals surface area contributed by atoms with Gasteiger partial charge in [-0.05, 0) is 25.3 Å². The lowest BCUT2D eigenvalue weighted by Gasteiger charge is -2.13. The summed E-state index contributed by atoms with van der Waals surface area (Å²) < 4.78 is 4.95. The maximum Gasteiger partial charge on any atom is 0.323 e. The summed E-state index contributed by atoms with van der Waals surface area (Å²) in [6.45, 7) is 2.64. The number of hydrogen-bond donors (Lipinski definition) is 2. The van der Waals surface area contributed by atoms with Gasteiger partial charge in [0.15, 0.2) is 0 Å². The first-order valence-electron chi connectivity index (χ1n) is 6.95. The molecule has 2 rings (SSSR count). The highest BCUT2D eigenvalue weighted by atomic mass is 16.5. The van der Waals surface area contributed by atoms with Gasteiger partial charge in [0.2, 0.25) is 5.91 Å². The number of rotatable bonds is 5. The highest BCUT2D eigenvalue weighted by Crippen LogP contribution is 2.14. The van der Waals surface area contributed by atoms with Crippen LogP contribution in [0.5, 0.6) is 0 Å². The van der Waals surface area contributed by atoms with Crippen LogP contribution in [0.15, 0.2) is 30.3 Å². The molecule has 5 nitrogen and oxygen atoms in total. The lowest BCUT2D eigenvalue weighted by atomic mass is 10.2. The van der Waals surface area contributed by atoms with E-state index in [4.69, 9.17) is 4.74 Å². The SMILES string of the molecule is CCOC(=O)C1CCC(C(=O)NCc2ccccc2)N1. The van der Waals surface area contributed by atoms with Gasteiger partial charge in [0, 0.05) is 6.54 Å². The molecule has 20 heavy (non-hydrogen) atoms. The second-order valence-electron chi connectivity index (χ2n) is 4.80. The van der Waals surface area contributed by atoms with Gasteiger partial charge in [-0.25, -0.2) is 0 Å². The molecule has 0 spiro atoms. The number of esters is 1. The van der Waals surface area contributed by atoms with E-state index in [0.29, 0.717) is 26.0 Å². The van der Waals surface area contributed by atoms with Gasteiger partial charge in [-0.3, -0.25) is 14.9 Å². The van der Waals surface area contributed by atoms with Crippen LogP contribution >= 0.6 is 0 Å². The van der Waals surface area contributed by atoms with Crippen LogP contribution in [-0.2, 0) is 20.9 Å². The molecule has 1 aromatic rings. The number of amides is 1. The molecule has 2 unspecified atom stereocenters. The van der Waals surface area contributed by atoms with Crippen molar-refractivity contribution in [2.24, 2.45) is 0 Å². The van der Waals surface area contributed by atoms with Crippen molar-refractivity contribution in [2.45, 2.75) is 38.4 Å². The summed E-state index contributed by atoms with van der Waals surface area (Å²) in [4.78, 5) is 23.6. The molecule has 5 heteroatoms. The van der Waals surface area contributed by atoms with E-state index in [1.54, 1.807) is 6.92 Å². The summed E-state index contributed by atoms with van der Waals surface area (Å²) in [5.74, 6) is -0.341. The molecule has 1 fully saturated rings. The molecule has 1 amide bonds. The number of ether oxygens (including phenoxy) is 1. The third kappa shape index (κ3) is 3.81. The summed E-state index contributed by atoms with van der Waals surface area (Å²) in [5.41, 5.74) is 1.06. The monoisotopic (exact) mass is 276 g/mol. The maximum absolute atomic E-state index is 12.0.